The average molecular weight is 204 g/mol. The Labute approximate surface area is 90.1 Å². The van der Waals surface area contributed by atoms with Gasteiger partial charge in [-0.25, -0.2) is 0 Å². The summed E-state index contributed by atoms with van der Waals surface area (Å²) in [6, 6.07) is 8.41. The molecule has 0 amide bonds. The molecule has 0 atom stereocenters. The number of hydrogen-bond donors (Lipinski definition) is 1. The van der Waals surface area contributed by atoms with Crippen LogP contribution in [0.5, 0.6) is 0 Å². The van der Waals surface area contributed by atoms with Crippen LogP contribution in [0.15, 0.2) is 24.3 Å². The van der Waals surface area contributed by atoms with E-state index in [1.54, 1.807) is 6.92 Å². The number of likely N-dealkylation sites (N-methyl/N-ethyl adjacent to an activating group) is 1. The lowest BCUT2D eigenvalue weighted by Crippen LogP contribution is -2.57. The van der Waals surface area contributed by atoms with E-state index in [4.69, 9.17) is 0 Å². The monoisotopic (exact) mass is 204 g/mol. The molecule has 0 radical (unpaired) electrons. The van der Waals surface area contributed by atoms with Crippen molar-refractivity contribution < 1.29 is 4.79 Å². The Bertz CT molecular complexity index is 370. The van der Waals surface area contributed by atoms with E-state index in [1.807, 2.05) is 25.2 Å². The molecule has 1 fully saturated rings. The molecule has 0 unspecified atom stereocenters. The average Bonchev–Trinajstić information content (AvgIpc) is 2.16. The van der Waals surface area contributed by atoms with Gasteiger partial charge in [-0.2, -0.15) is 0 Å². The van der Waals surface area contributed by atoms with Gasteiger partial charge >= 0.3 is 0 Å². The minimum absolute atomic E-state index is 0.127. The standard InChI is InChI=1S/C12H16N2O/c1-9(15)10-4-3-5-12(6-10)14-7-11(8-14)13-2/h3-6,11,13H,7-8H2,1-2H3. The fraction of sp³-hybridized carbons (Fsp3) is 0.417. The highest BCUT2D eigenvalue weighted by atomic mass is 16.1. The summed E-state index contributed by atoms with van der Waals surface area (Å²) < 4.78 is 0. The molecule has 80 valence electrons. The molecule has 15 heavy (non-hydrogen) atoms. The van der Waals surface area contributed by atoms with Crippen LogP contribution in [0.1, 0.15) is 17.3 Å². The van der Waals surface area contributed by atoms with Gasteiger partial charge in [-0.1, -0.05) is 12.1 Å². The van der Waals surface area contributed by atoms with Crippen molar-refractivity contribution in [1.82, 2.24) is 5.32 Å². The molecule has 3 nitrogen and oxygen atoms in total. The molecule has 1 aliphatic rings. The van der Waals surface area contributed by atoms with Gasteiger partial charge in [-0.3, -0.25) is 4.79 Å². The molecule has 1 heterocycles. The molecule has 2 rings (SSSR count). The van der Waals surface area contributed by atoms with Crippen LogP contribution >= 0.6 is 0 Å². The van der Waals surface area contributed by atoms with Crippen molar-refractivity contribution in [3.8, 4) is 0 Å². The lowest BCUT2D eigenvalue weighted by Gasteiger charge is -2.41. The Hall–Kier alpha value is -1.35. The molecule has 0 aliphatic carbocycles. The topological polar surface area (TPSA) is 32.3 Å². The number of anilines is 1. The zero-order chi connectivity index (χ0) is 10.8. The number of hydrogen-bond acceptors (Lipinski definition) is 3. The van der Waals surface area contributed by atoms with Crippen molar-refractivity contribution in [2.75, 3.05) is 25.0 Å². The first kappa shape index (κ1) is 10.2. The smallest absolute Gasteiger partial charge is 0.159 e. The highest BCUT2D eigenvalue weighted by Gasteiger charge is 2.25. The summed E-state index contributed by atoms with van der Waals surface area (Å²) in [7, 11) is 1.98. The summed E-state index contributed by atoms with van der Waals surface area (Å²) in [5, 5.41) is 3.23. The number of benzene rings is 1. The number of nitrogens with zero attached hydrogens (tertiary/aromatic N) is 1. The number of carbonyl (C=O) groups excluding carboxylic acids is 1. The Balaban J connectivity index is 2.10. The highest BCUT2D eigenvalue weighted by molar-refractivity contribution is 5.95. The SMILES string of the molecule is CNC1CN(c2cccc(C(C)=O)c2)C1. The molecule has 1 saturated heterocycles. The molecular formula is C12H16N2O. The molecule has 3 heteroatoms. The molecule has 0 spiro atoms. The molecular weight excluding hydrogens is 188 g/mol. The second kappa shape index (κ2) is 4.03. The Morgan fingerprint density at radius 3 is 2.80 bits per heavy atom. The van der Waals surface area contributed by atoms with Crippen LogP contribution < -0.4 is 10.2 Å². The number of ketones is 1. The van der Waals surface area contributed by atoms with Gasteiger partial charge in [0.25, 0.3) is 0 Å². The number of rotatable bonds is 3. The summed E-state index contributed by atoms with van der Waals surface area (Å²) in [6.07, 6.45) is 0. The van der Waals surface area contributed by atoms with Gasteiger partial charge in [0.15, 0.2) is 5.78 Å². The molecule has 1 aliphatic heterocycles. The van der Waals surface area contributed by atoms with Crippen LogP contribution in [0, 0.1) is 0 Å². The van der Waals surface area contributed by atoms with Crippen molar-refractivity contribution >= 4 is 11.5 Å². The van der Waals surface area contributed by atoms with Crippen molar-refractivity contribution in [2.24, 2.45) is 0 Å². The minimum Gasteiger partial charge on any atom is -0.368 e. The van der Waals surface area contributed by atoms with E-state index >= 15 is 0 Å². The lowest BCUT2D eigenvalue weighted by atomic mass is 10.1. The van der Waals surface area contributed by atoms with Crippen molar-refractivity contribution in [1.29, 1.82) is 0 Å². The fourth-order valence-corrected chi connectivity index (χ4v) is 1.79. The predicted octanol–water partition coefficient (Wildman–Crippen LogP) is 1.30. The first-order chi connectivity index (χ1) is 7.20. The quantitative estimate of drug-likeness (QED) is 0.753. The molecule has 1 N–H and O–H groups in total. The second-order valence-corrected chi connectivity index (χ2v) is 4.00. The molecule has 0 aromatic heterocycles. The number of carbonyl (C=O) groups is 1. The molecule has 0 bridgehead atoms. The lowest BCUT2D eigenvalue weighted by molar-refractivity contribution is 0.101. The third kappa shape index (κ3) is 2.02. The van der Waals surface area contributed by atoms with Crippen LogP contribution in [0.25, 0.3) is 0 Å². The minimum atomic E-state index is 0.127. The van der Waals surface area contributed by atoms with Crippen molar-refractivity contribution in [2.45, 2.75) is 13.0 Å². The number of nitrogens with one attached hydrogen (secondary N) is 1. The summed E-state index contributed by atoms with van der Waals surface area (Å²) in [5.41, 5.74) is 1.94. The van der Waals surface area contributed by atoms with Gasteiger partial charge in [-0.05, 0) is 26.1 Å². The van der Waals surface area contributed by atoms with Gasteiger partial charge in [0, 0.05) is 30.4 Å². The third-order valence-corrected chi connectivity index (χ3v) is 2.91. The Kier molecular flexibility index (Phi) is 2.73. The highest BCUT2D eigenvalue weighted by Crippen LogP contribution is 2.21. The predicted molar refractivity (Wildman–Crippen MR) is 61.5 cm³/mol. The summed E-state index contributed by atoms with van der Waals surface area (Å²) in [4.78, 5) is 13.5. The molecule has 1 aromatic rings. The Morgan fingerprint density at radius 1 is 1.47 bits per heavy atom. The van der Waals surface area contributed by atoms with E-state index in [2.05, 4.69) is 16.3 Å². The van der Waals surface area contributed by atoms with Crippen LogP contribution in [0.4, 0.5) is 5.69 Å². The van der Waals surface area contributed by atoms with E-state index in [0.29, 0.717) is 6.04 Å². The van der Waals surface area contributed by atoms with Crippen LogP contribution in [-0.4, -0.2) is 32.0 Å². The first-order valence-corrected chi connectivity index (χ1v) is 5.24. The summed E-state index contributed by atoms with van der Waals surface area (Å²) >= 11 is 0. The van der Waals surface area contributed by atoms with E-state index in [-0.39, 0.29) is 5.78 Å². The van der Waals surface area contributed by atoms with Gasteiger partial charge in [0.2, 0.25) is 0 Å². The maximum absolute atomic E-state index is 11.2. The Morgan fingerprint density at radius 2 is 2.20 bits per heavy atom. The van der Waals surface area contributed by atoms with Gasteiger partial charge in [0.1, 0.15) is 0 Å². The second-order valence-electron chi connectivity index (χ2n) is 4.00. The van der Waals surface area contributed by atoms with Crippen molar-refractivity contribution in [3.05, 3.63) is 29.8 Å². The van der Waals surface area contributed by atoms with Crippen LogP contribution in [0.2, 0.25) is 0 Å². The maximum atomic E-state index is 11.2. The van der Waals surface area contributed by atoms with Crippen molar-refractivity contribution in [3.63, 3.8) is 0 Å². The molecule has 1 aromatic carbocycles. The van der Waals surface area contributed by atoms with E-state index in [0.717, 1.165) is 24.3 Å². The maximum Gasteiger partial charge on any atom is 0.159 e. The van der Waals surface area contributed by atoms with Gasteiger partial charge < -0.3 is 10.2 Å². The van der Waals surface area contributed by atoms with Gasteiger partial charge in [-0.15, -0.1) is 0 Å². The summed E-state index contributed by atoms with van der Waals surface area (Å²) in [5.74, 6) is 0.127. The zero-order valence-electron chi connectivity index (χ0n) is 9.16. The first-order valence-electron chi connectivity index (χ1n) is 5.24. The van der Waals surface area contributed by atoms with Crippen LogP contribution in [-0.2, 0) is 0 Å². The zero-order valence-corrected chi connectivity index (χ0v) is 9.16. The normalized spacial score (nSPS) is 16.3. The van der Waals surface area contributed by atoms with E-state index in [9.17, 15) is 4.79 Å². The van der Waals surface area contributed by atoms with Gasteiger partial charge in [0.05, 0.1) is 0 Å². The fourth-order valence-electron chi connectivity index (χ4n) is 1.79. The largest absolute Gasteiger partial charge is 0.368 e. The summed E-state index contributed by atoms with van der Waals surface area (Å²) in [6.45, 7) is 3.65. The number of Topliss-reactive ketones (excluding diaryl/α,β-unsaturated/α-hetero) is 1. The van der Waals surface area contributed by atoms with E-state index < -0.39 is 0 Å². The molecule has 0 saturated carbocycles. The van der Waals surface area contributed by atoms with Crippen LogP contribution in [0.3, 0.4) is 0 Å². The third-order valence-electron chi connectivity index (χ3n) is 2.91. The van der Waals surface area contributed by atoms with E-state index in [1.165, 1.54) is 0 Å².